The van der Waals surface area contributed by atoms with E-state index in [9.17, 15) is 30.6 Å². The Morgan fingerprint density at radius 3 is 2.18 bits per heavy atom. The minimum absolute atomic E-state index is 0.000367. The zero-order chi connectivity index (χ0) is 37.0. The van der Waals surface area contributed by atoms with E-state index in [-0.39, 0.29) is 53.3 Å². The second-order valence-corrected chi connectivity index (χ2v) is 18.1. The highest BCUT2D eigenvalue weighted by Crippen LogP contribution is 2.68. The van der Waals surface area contributed by atoms with Gasteiger partial charge in [0.2, 0.25) is 0 Å². The molecular formula is C39H68O12. The Hall–Kier alpha value is -0.480. The molecular weight excluding hydrogens is 660 g/mol. The van der Waals surface area contributed by atoms with Gasteiger partial charge in [0.25, 0.3) is 0 Å². The van der Waals surface area contributed by atoms with Crippen molar-refractivity contribution in [1.29, 1.82) is 0 Å². The van der Waals surface area contributed by atoms with Gasteiger partial charge in [0.05, 0.1) is 37.6 Å². The monoisotopic (exact) mass is 728 g/mol. The van der Waals surface area contributed by atoms with Crippen LogP contribution in [0.2, 0.25) is 0 Å². The third kappa shape index (κ3) is 7.33. The van der Waals surface area contributed by atoms with Crippen LogP contribution in [0.1, 0.15) is 92.4 Å². The number of ether oxygens (including phenoxy) is 6. The first-order valence-electron chi connectivity index (χ1n) is 19.8. The van der Waals surface area contributed by atoms with Crippen LogP contribution in [0.25, 0.3) is 0 Å². The molecule has 6 aliphatic rings. The van der Waals surface area contributed by atoms with Gasteiger partial charge in [-0.2, -0.15) is 0 Å². The Labute approximate surface area is 304 Å². The van der Waals surface area contributed by atoms with Gasteiger partial charge in [-0.3, -0.25) is 0 Å². The summed E-state index contributed by atoms with van der Waals surface area (Å²) < 4.78 is 35.5. The van der Waals surface area contributed by atoms with Crippen molar-refractivity contribution in [2.24, 2.45) is 52.3 Å². The lowest BCUT2D eigenvalue weighted by molar-refractivity contribution is -0.313. The number of hydrogen-bond donors (Lipinski definition) is 6. The van der Waals surface area contributed by atoms with Gasteiger partial charge in [-0.1, -0.05) is 34.6 Å². The van der Waals surface area contributed by atoms with Crippen LogP contribution < -0.4 is 0 Å². The average molecular weight is 729 g/mol. The molecule has 20 atom stereocenters. The Balaban J connectivity index is 1.11. The minimum atomic E-state index is -1.19. The molecule has 2 saturated heterocycles. The first-order chi connectivity index (χ1) is 24.2. The molecule has 12 heteroatoms. The Kier molecular flexibility index (Phi) is 12.6. The lowest BCUT2D eigenvalue weighted by Crippen LogP contribution is -2.59. The molecule has 0 spiro atoms. The highest BCUT2D eigenvalue weighted by atomic mass is 16.8. The smallest absolute Gasteiger partial charge is 0.187 e. The van der Waals surface area contributed by atoms with Crippen LogP contribution in [0.5, 0.6) is 0 Å². The van der Waals surface area contributed by atoms with E-state index in [0.29, 0.717) is 30.6 Å². The summed E-state index contributed by atoms with van der Waals surface area (Å²) in [6.45, 7) is 10.9. The molecule has 0 aromatic heterocycles. The second kappa shape index (κ2) is 15.9. The fourth-order valence-corrected chi connectivity index (χ4v) is 12.2. The van der Waals surface area contributed by atoms with Gasteiger partial charge in [0.1, 0.15) is 36.6 Å². The molecule has 0 aromatic carbocycles. The fraction of sp³-hybridized carbons (Fsp3) is 1.00. The summed E-state index contributed by atoms with van der Waals surface area (Å²) in [5, 5.41) is 65.5. The quantitative estimate of drug-likeness (QED) is 0.174. The number of hydrogen-bond acceptors (Lipinski definition) is 12. The average Bonchev–Trinajstić information content (AvgIpc) is 3.54. The lowest BCUT2D eigenvalue weighted by atomic mass is 9.43. The molecule has 6 N–H and O–H groups in total. The van der Waals surface area contributed by atoms with Crippen molar-refractivity contribution in [2.75, 3.05) is 27.4 Å². The number of aliphatic hydroxyl groups excluding tert-OH is 6. The highest BCUT2D eigenvalue weighted by Gasteiger charge is 2.64. The summed E-state index contributed by atoms with van der Waals surface area (Å²) in [5.74, 6) is 1.79. The maximum Gasteiger partial charge on any atom is 0.187 e. The van der Waals surface area contributed by atoms with E-state index >= 15 is 0 Å². The number of methoxy groups -OCH3 is 2. The summed E-state index contributed by atoms with van der Waals surface area (Å²) >= 11 is 0. The Morgan fingerprint density at radius 1 is 0.784 bits per heavy atom. The van der Waals surface area contributed by atoms with Gasteiger partial charge in [0, 0.05) is 14.2 Å². The Bertz CT molecular complexity index is 1140. The van der Waals surface area contributed by atoms with Crippen LogP contribution in [0.4, 0.5) is 0 Å². The van der Waals surface area contributed by atoms with E-state index in [4.69, 9.17) is 28.4 Å². The van der Waals surface area contributed by atoms with Crippen molar-refractivity contribution in [2.45, 2.75) is 166 Å². The third-order valence-electron chi connectivity index (χ3n) is 15.1. The van der Waals surface area contributed by atoms with Gasteiger partial charge < -0.3 is 59.1 Å². The summed E-state index contributed by atoms with van der Waals surface area (Å²) in [6.07, 6.45) is -1.26. The zero-order valence-electron chi connectivity index (χ0n) is 31.9. The van der Waals surface area contributed by atoms with Gasteiger partial charge >= 0.3 is 0 Å². The third-order valence-corrected chi connectivity index (χ3v) is 15.1. The van der Waals surface area contributed by atoms with Crippen LogP contribution in [0.15, 0.2) is 0 Å². The minimum Gasteiger partial charge on any atom is -0.394 e. The molecule has 0 amide bonds. The van der Waals surface area contributed by atoms with Crippen molar-refractivity contribution in [3.63, 3.8) is 0 Å². The molecule has 6 rings (SSSR count). The fourth-order valence-electron chi connectivity index (χ4n) is 12.2. The normalized spacial score (nSPS) is 51.2. The SMILES string of the molecule is COC1C(O)[C@H](OC)CO[C@H]1OC1[C@H](O[C@@H](CCC(C)C2C[C@@H](O)C3C4CC(O)C5C[C@@H](O)CC[C@]5(C)C4CC[C@]23C)C(C)C)OC(CO)[C@@H]1O. The maximum absolute atomic E-state index is 11.8. The van der Waals surface area contributed by atoms with Crippen molar-refractivity contribution in [3.05, 3.63) is 0 Å². The summed E-state index contributed by atoms with van der Waals surface area (Å²) in [4.78, 5) is 0. The molecule has 4 aliphatic carbocycles. The van der Waals surface area contributed by atoms with E-state index in [1.54, 1.807) is 0 Å². The number of aliphatic hydroxyl groups is 6. The molecule has 11 unspecified atom stereocenters. The molecule has 12 nitrogen and oxygen atoms in total. The molecule has 296 valence electrons. The predicted molar refractivity (Wildman–Crippen MR) is 186 cm³/mol. The standard InChI is InChI=1S/C39H68O12/c1-19(2)28(49-37-35(32(44)29(17-40)50-37)51-36-34(47-7)33(45)30(46-6)18-48-36)9-8-20(3)24-16-27(43)31-22-15-26(42)25-14-21(41)10-12-38(25,4)23(22)11-13-39(24,31)5/h19-37,40-45H,8-18H2,1-7H3/t20?,21-,22?,23?,24?,25?,26?,27+,28-,29?,30+,31?,32-,33?,34?,35?,36-,37+,38+,39+/m0/s1. The summed E-state index contributed by atoms with van der Waals surface area (Å²) in [7, 11) is 2.93. The topological polar surface area (TPSA) is 177 Å². The molecule has 4 saturated carbocycles. The Morgan fingerprint density at radius 2 is 1.51 bits per heavy atom. The van der Waals surface area contributed by atoms with E-state index < -0.39 is 68.0 Å². The molecule has 2 heterocycles. The van der Waals surface area contributed by atoms with Crippen molar-refractivity contribution in [3.8, 4) is 0 Å². The van der Waals surface area contributed by atoms with E-state index in [2.05, 4.69) is 34.6 Å². The largest absolute Gasteiger partial charge is 0.394 e. The highest BCUT2D eigenvalue weighted by molar-refractivity contribution is 5.13. The summed E-state index contributed by atoms with van der Waals surface area (Å²) in [5.41, 5.74) is -0.0259. The molecule has 51 heavy (non-hydrogen) atoms. The molecule has 0 bridgehead atoms. The van der Waals surface area contributed by atoms with Crippen LogP contribution in [-0.4, -0.2) is 132 Å². The second-order valence-electron chi connectivity index (χ2n) is 18.1. The van der Waals surface area contributed by atoms with Crippen LogP contribution in [0, 0.1) is 52.3 Å². The van der Waals surface area contributed by atoms with E-state index in [1.807, 2.05) is 0 Å². The molecule has 2 aliphatic heterocycles. The molecule has 6 fully saturated rings. The first-order valence-corrected chi connectivity index (χ1v) is 19.8. The molecule has 0 aromatic rings. The lowest BCUT2D eigenvalue weighted by Gasteiger charge is -2.62. The van der Waals surface area contributed by atoms with E-state index in [1.165, 1.54) is 14.2 Å². The van der Waals surface area contributed by atoms with Crippen molar-refractivity contribution in [1.82, 2.24) is 0 Å². The maximum atomic E-state index is 11.8. The predicted octanol–water partition coefficient (Wildman–Crippen LogP) is 2.62. The zero-order valence-corrected chi connectivity index (χ0v) is 31.9. The number of fused-ring (bicyclic) bond motifs is 5. The molecule has 0 radical (unpaired) electrons. The summed E-state index contributed by atoms with van der Waals surface area (Å²) in [6, 6.07) is 0. The van der Waals surface area contributed by atoms with Crippen LogP contribution in [0.3, 0.4) is 0 Å². The van der Waals surface area contributed by atoms with Gasteiger partial charge in [-0.25, -0.2) is 0 Å². The van der Waals surface area contributed by atoms with Crippen LogP contribution >= 0.6 is 0 Å². The number of rotatable bonds is 12. The van der Waals surface area contributed by atoms with Gasteiger partial charge in [-0.05, 0) is 110 Å². The van der Waals surface area contributed by atoms with Gasteiger partial charge in [-0.15, -0.1) is 0 Å². The first kappa shape index (κ1) is 40.2. The van der Waals surface area contributed by atoms with Crippen LogP contribution in [-0.2, 0) is 28.4 Å². The van der Waals surface area contributed by atoms with Gasteiger partial charge in [0.15, 0.2) is 12.6 Å². The van der Waals surface area contributed by atoms with E-state index in [0.717, 1.165) is 44.9 Å². The van der Waals surface area contributed by atoms with Crippen molar-refractivity contribution < 1.29 is 59.1 Å². The van der Waals surface area contributed by atoms with Crippen molar-refractivity contribution >= 4 is 0 Å².